The number of nitrogens with two attached hydrogens (primary N) is 1. The molecule has 3 N–H and O–H groups in total. The lowest BCUT2D eigenvalue weighted by Gasteiger charge is -2.11. The van der Waals surface area contributed by atoms with Gasteiger partial charge in [0.2, 0.25) is 0 Å². The minimum absolute atomic E-state index is 0.108. The number of para-hydroxylation sites is 1. The number of nitrogens with zero attached hydrogens (tertiary/aromatic N) is 1. The highest BCUT2D eigenvalue weighted by Crippen LogP contribution is 2.30. The van der Waals surface area contributed by atoms with Gasteiger partial charge in [-0.05, 0) is 34.1 Å². The molecule has 2 heterocycles. The van der Waals surface area contributed by atoms with Gasteiger partial charge in [-0.1, -0.05) is 12.1 Å². The molecular weight excluding hydrogens is 342 g/mol. The maximum Gasteiger partial charge on any atom is 0.0958 e. The molecule has 0 saturated heterocycles. The number of rotatable bonds is 4. The first-order chi connectivity index (χ1) is 9.26. The topological polar surface area (TPSA) is 50.9 Å². The first-order valence-electron chi connectivity index (χ1n) is 5.81. The number of aromatic nitrogens is 1. The van der Waals surface area contributed by atoms with Gasteiger partial charge in [0.05, 0.1) is 21.3 Å². The summed E-state index contributed by atoms with van der Waals surface area (Å²) in [4.78, 5) is 5.86. The van der Waals surface area contributed by atoms with Crippen LogP contribution in [0.5, 0.6) is 0 Å². The molecule has 0 radical (unpaired) electrons. The van der Waals surface area contributed by atoms with Crippen LogP contribution >= 0.6 is 38.6 Å². The summed E-state index contributed by atoms with van der Waals surface area (Å²) in [5.74, 6) is 5.67. The fourth-order valence-electron chi connectivity index (χ4n) is 1.93. The average Bonchev–Trinajstić information content (AvgIpc) is 3.01. The Labute approximate surface area is 127 Å². The van der Waals surface area contributed by atoms with Crippen LogP contribution in [0.15, 0.2) is 40.2 Å². The summed E-state index contributed by atoms with van der Waals surface area (Å²) in [5.41, 5.74) is 3.94. The van der Waals surface area contributed by atoms with Gasteiger partial charge in [-0.15, -0.1) is 22.7 Å². The second-order valence-electron chi connectivity index (χ2n) is 4.17. The highest BCUT2D eigenvalue weighted by molar-refractivity contribution is 9.10. The maximum absolute atomic E-state index is 5.67. The van der Waals surface area contributed by atoms with Gasteiger partial charge in [-0.25, -0.2) is 4.98 Å². The van der Waals surface area contributed by atoms with Gasteiger partial charge in [-0.2, -0.15) is 0 Å². The van der Waals surface area contributed by atoms with Crippen LogP contribution < -0.4 is 11.3 Å². The third-order valence-corrected chi connectivity index (χ3v) is 5.72. The summed E-state index contributed by atoms with van der Waals surface area (Å²) in [7, 11) is 0. The van der Waals surface area contributed by atoms with Crippen molar-refractivity contribution >= 4 is 48.8 Å². The summed E-state index contributed by atoms with van der Waals surface area (Å²) >= 11 is 6.90. The molecular formula is C13H12BrN3S2. The molecule has 0 aliphatic heterocycles. The van der Waals surface area contributed by atoms with Crippen LogP contribution in [-0.2, 0) is 6.42 Å². The number of thiazole rings is 1. The van der Waals surface area contributed by atoms with Gasteiger partial charge in [0.1, 0.15) is 0 Å². The second-order valence-corrected chi connectivity index (χ2v) is 7.14. The first-order valence-corrected chi connectivity index (χ1v) is 8.29. The third-order valence-electron chi connectivity index (χ3n) is 2.85. The van der Waals surface area contributed by atoms with Crippen molar-refractivity contribution in [3.8, 4) is 0 Å². The van der Waals surface area contributed by atoms with Crippen LogP contribution in [0, 0.1) is 0 Å². The molecule has 98 valence electrons. The molecule has 6 heteroatoms. The largest absolute Gasteiger partial charge is 0.271 e. The predicted octanol–water partition coefficient (Wildman–Crippen LogP) is 3.87. The molecule has 0 saturated carbocycles. The normalized spacial score (nSPS) is 12.9. The molecule has 0 spiro atoms. The van der Waals surface area contributed by atoms with Crippen molar-refractivity contribution in [1.29, 1.82) is 0 Å². The van der Waals surface area contributed by atoms with E-state index < -0.39 is 0 Å². The maximum atomic E-state index is 5.67. The fraction of sp³-hybridized carbons (Fsp3) is 0.154. The molecule has 3 nitrogen and oxygen atoms in total. The molecule has 1 aromatic carbocycles. The number of hydrogen-bond donors (Lipinski definition) is 2. The lowest BCUT2D eigenvalue weighted by molar-refractivity contribution is 0.559. The van der Waals surface area contributed by atoms with Gasteiger partial charge >= 0.3 is 0 Å². The Balaban J connectivity index is 1.86. The van der Waals surface area contributed by atoms with E-state index in [0.29, 0.717) is 0 Å². The van der Waals surface area contributed by atoms with Crippen LogP contribution in [0.25, 0.3) is 10.2 Å². The molecule has 0 fully saturated rings. The molecule has 3 rings (SSSR count). The van der Waals surface area contributed by atoms with E-state index in [9.17, 15) is 0 Å². The van der Waals surface area contributed by atoms with Crippen LogP contribution in [0.4, 0.5) is 0 Å². The summed E-state index contributed by atoms with van der Waals surface area (Å²) in [6.07, 6.45) is 0.808. The van der Waals surface area contributed by atoms with E-state index >= 15 is 0 Å². The van der Waals surface area contributed by atoms with E-state index in [2.05, 4.69) is 43.9 Å². The number of hydrazine groups is 1. The van der Waals surface area contributed by atoms with E-state index in [1.165, 1.54) is 9.58 Å². The van der Waals surface area contributed by atoms with Gasteiger partial charge in [0.15, 0.2) is 0 Å². The molecule has 0 aliphatic carbocycles. The zero-order valence-corrected chi connectivity index (χ0v) is 13.2. The molecule has 0 bridgehead atoms. The second kappa shape index (κ2) is 5.68. The monoisotopic (exact) mass is 353 g/mol. The Kier molecular flexibility index (Phi) is 3.95. The first kappa shape index (κ1) is 13.2. The predicted molar refractivity (Wildman–Crippen MR) is 85.4 cm³/mol. The third kappa shape index (κ3) is 2.88. The Bertz CT molecular complexity index is 659. The van der Waals surface area contributed by atoms with Crippen molar-refractivity contribution in [3.63, 3.8) is 0 Å². The van der Waals surface area contributed by atoms with Crippen molar-refractivity contribution in [1.82, 2.24) is 10.4 Å². The van der Waals surface area contributed by atoms with E-state index in [-0.39, 0.29) is 6.04 Å². The molecule has 19 heavy (non-hydrogen) atoms. The lowest BCUT2D eigenvalue weighted by atomic mass is 10.2. The standard InChI is InChI=1S/C13H12BrN3S2/c14-8-5-12(18-7-8)10(17-15)6-13-16-9-3-1-2-4-11(9)19-13/h1-5,7,10,17H,6,15H2. The fourth-order valence-corrected chi connectivity index (χ4v) is 4.45. The van der Waals surface area contributed by atoms with Gasteiger partial charge in [0, 0.05) is 21.2 Å². The number of fused-ring (bicyclic) bond motifs is 1. The summed E-state index contributed by atoms with van der Waals surface area (Å²) in [6, 6.07) is 10.4. The van der Waals surface area contributed by atoms with Gasteiger partial charge in [0.25, 0.3) is 0 Å². The van der Waals surface area contributed by atoms with Crippen molar-refractivity contribution in [2.75, 3.05) is 0 Å². The number of hydrogen-bond acceptors (Lipinski definition) is 5. The summed E-state index contributed by atoms with van der Waals surface area (Å²) in [6.45, 7) is 0. The molecule has 1 unspecified atom stereocenters. The van der Waals surface area contributed by atoms with Crippen LogP contribution in [-0.4, -0.2) is 4.98 Å². The quantitative estimate of drug-likeness (QED) is 0.552. The Morgan fingerprint density at radius 1 is 1.37 bits per heavy atom. The summed E-state index contributed by atoms with van der Waals surface area (Å²) < 4.78 is 2.32. The molecule has 3 aromatic rings. The number of nitrogens with one attached hydrogen (secondary N) is 1. The van der Waals surface area contributed by atoms with Crippen LogP contribution in [0.2, 0.25) is 0 Å². The average molecular weight is 354 g/mol. The minimum Gasteiger partial charge on any atom is -0.271 e. The van der Waals surface area contributed by atoms with Gasteiger partial charge in [-0.3, -0.25) is 11.3 Å². The highest BCUT2D eigenvalue weighted by atomic mass is 79.9. The van der Waals surface area contributed by atoms with Gasteiger partial charge < -0.3 is 0 Å². The van der Waals surface area contributed by atoms with Crippen molar-refractivity contribution < 1.29 is 0 Å². The van der Waals surface area contributed by atoms with Crippen LogP contribution in [0.1, 0.15) is 15.9 Å². The van der Waals surface area contributed by atoms with E-state index in [1.54, 1.807) is 22.7 Å². The Hall–Kier alpha value is -0.790. The Morgan fingerprint density at radius 2 is 2.21 bits per heavy atom. The van der Waals surface area contributed by atoms with Crippen molar-refractivity contribution in [3.05, 3.63) is 50.1 Å². The minimum atomic E-state index is 0.108. The van der Waals surface area contributed by atoms with E-state index in [1.807, 2.05) is 18.2 Å². The zero-order valence-electron chi connectivity index (χ0n) is 9.97. The molecule has 2 aromatic heterocycles. The van der Waals surface area contributed by atoms with Crippen molar-refractivity contribution in [2.24, 2.45) is 5.84 Å². The van der Waals surface area contributed by atoms with Crippen molar-refractivity contribution in [2.45, 2.75) is 12.5 Å². The number of thiophene rings is 1. The smallest absolute Gasteiger partial charge is 0.0958 e. The SMILES string of the molecule is NNC(Cc1nc2ccccc2s1)c1cc(Br)cs1. The lowest BCUT2D eigenvalue weighted by Crippen LogP contribution is -2.28. The molecule has 0 amide bonds. The highest BCUT2D eigenvalue weighted by Gasteiger charge is 2.15. The summed E-state index contributed by atoms with van der Waals surface area (Å²) in [5, 5.41) is 3.17. The van der Waals surface area contributed by atoms with Crippen LogP contribution in [0.3, 0.4) is 0 Å². The number of halogens is 1. The van der Waals surface area contributed by atoms with E-state index in [4.69, 9.17) is 5.84 Å². The number of benzene rings is 1. The molecule has 0 aliphatic rings. The molecule has 1 atom stereocenters. The zero-order chi connectivity index (χ0) is 13.2. The Morgan fingerprint density at radius 3 is 2.89 bits per heavy atom. The van der Waals surface area contributed by atoms with E-state index in [0.717, 1.165) is 21.4 Å².